The fraction of sp³-hybridized carbons (Fsp3) is 0.211. The number of carbonyl (C=O) groups excluding carboxylic acids is 2. The van der Waals surface area contributed by atoms with Gasteiger partial charge in [-0.3, -0.25) is 9.59 Å². The van der Waals surface area contributed by atoms with E-state index in [1.165, 1.54) is 11.3 Å². The van der Waals surface area contributed by atoms with Crippen LogP contribution in [-0.2, 0) is 4.79 Å². The first kappa shape index (κ1) is 17.0. The lowest BCUT2D eigenvalue weighted by atomic mass is 9.87. The molecule has 0 fully saturated rings. The Hall–Kier alpha value is -2.44. The number of hydrogen-bond donors (Lipinski definition) is 1. The van der Waals surface area contributed by atoms with E-state index >= 15 is 0 Å². The Balaban J connectivity index is 1.84. The van der Waals surface area contributed by atoms with Crippen LogP contribution in [0.3, 0.4) is 0 Å². The Morgan fingerprint density at radius 3 is 2.85 bits per heavy atom. The lowest BCUT2D eigenvalue weighted by Crippen LogP contribution is -2.28. The van der Waals surface area contributed by atoms with Gasteiger partial charge < -0.3 is 5.32 Å². The molecule has 1 unspecified atom stereocenters. The van der Waals surface area contributed by atoms with Gasteiger partial charge in [-0.1, -0.05) is 23.7 Å². The maximum Gasteiger partial charge on any atom is 0.226 e. The second-order valence-corrected chi connectivity index (χ2v) is 7.69. The van der Waals surface area contributed by atoms with Gasteiger partial charge >= 0.3 is 0 Å². The molecule has 0 aliphatic carbocycles. The third-order valence-corrected chi connectivity index (χ3v) is 5.87. The van der Waals surface area contributed by atoms with Gasteiger partial charge in [-0.15, -0.1) is 11.3 Å². The quantitative estimate of drug-likeness (QED) is 0.674. The molecular weight excluding hydrogens is 370 g/mol. The van der Waals surface area contributed by atoms with E-state index in [0.717, 1.165) is 22.5 Å². The number of ketones is 1. The first-order valence-electron chi connectivity index (χ1n) is 8.19. The number of Topliss-reactive ketones (excluding diaryl/α,β-unsaturated/α-hetero) is 1. The van der Waals surface area contributed by atoms with Crippen molar-refractivity contribution in [2.75, 3.05) is 5.32 Å². The molecule has 1 N–H and O–H groups in total. The van der Waals surface area contributed by atoms with E-state index in [2.05, 4.69) is 10.4 Å². The minimum Gasteiger partial charge on any atom is -0.310 e. The number of aromatic nitrogens is 2. The number of rotatable bonds is 3. The molecule has 2 aromatic heterocycles. The third-order valence-electron chi connectivity index (χ3n) is 4.58. The zero-order valence-electron chi connectivity index (χ0n) is 14.2. The van der Waals surface area contributed by atoms with E-state index in [9.17, 15) is 9.59 Å². The number of anilines is 1. The van der Waals surface area contributed by atoms with E-state index in [4.69, 9.17) is 11.6 Å². The van der Waals surface area contributed by atoms with E-state index in [1.807, 2.05) is 37.4 Å². The van der Waals surface area contributed by atoms with Crippen molar-refractivity contribution >= 4 is 40.4 Å². The van der Waals surface area contributed by atoms with Crippen LogP contribution in [0.2, 0.25) is 5.02 Å². The molecule has 3 heterocycles. The van der Waals surface area contributed by atoms with E-state index in [1.54, 1.807) is 16.8 Å². The number of fused-ring (bicyclic) bond motifs is 1. The molecule has 1 amide bonds. The lowest BCUT2D eigenvalue weighted by Gasteiger charge is -2.22. The summed E-state index contributed by atoms with van der Waals surface area (Å²) in [4.78, 5) is 25.9. The fourth-order valence-corrected chi connectivity index (χ4v) is 4.16. The molecule has 1 aliphatic rings. The Bertz CT molecular complexity index is 1020. The second-order valence-electron chi connectivity index (χ2n) is 6.34. The topological polar surface area (TPSA) is 64.0 Å². The number of nitrogens with zero attached hydrogens (tertiary/aromatic N) is 2. The molecule has 3 aromatic rings. The van der Waals surface area contributed by atoms with Gasteiger partial charge in [0.25, 0.3) is 0 Å². The van der Waals surface area contributed by atoms with E-state index in [-0.39, 0.29) is 18.1 Å². The summed E-state index contributed by atoms with van der Waals surface area (Å²) in [7, 11) is 0. The van der Waals surface area contributed by atoms with Crippen LogP contribution in [-0.4, -0.2) is 21.5 Å². The molecule has 26 heavy (non-hydrogen) atoms. The highest BCUT2D eigenvalue weighted by molar-refractivity contribution is 7.12. The van der Waals surface area contributed by atoms with Gasteiger partial charge in [0.1, 0.15) is 5.82 Å². The van der Waals surface area contributed by atoms with Gasteiger partial charge in [-0.05, 0) is 43.0 Å². The fourth-order valence-electron chi connectivity index (χ4n) is 3.26. The molecule has 1 aliphatic heterocycles. The zero-order valence-corrected chi connectivity index (χ0v) is 15.8. The SMILES string of the molecule is Cc1ccc(-n2nc(C)c3c2NC(=O)CC3C(=O)c2cccs2)cc1Cl. The van der Waals surface area contributed by atoms with Gasteiger partial charge in [0.15, 0.2) is 5.78 Å². The van der Waals surface area contributed by atoms with Crippen LogP contribution in [0.15, 0.2) is 35.7 Å². The first-order chi connectivity index (χ1) is 12.5. The van der Waals surface area contributed by atoms with Crippen LogP contribution >= 0.6 is 22.9 Å². The van der Waals surface area contributed by atoms with Crippen molar-refractivity contribution < 1.29 is 9.59 Å². The smallest absolute Gasteiger partial charge is 0.226 e. The average Bonchev–Trinajstić information content (AvgIpc) is 3.25. The minimum atomic E-state index is -0.521. The number of carbonyl (C=O) groups is 2. The number of thiophene rings is 1. The van der Waals surface area contributed by atoms with Crippen molar-refractivity contribution in [1.82, 2.24) is 9.78 Å². The molecular formula is C19H16ClN3O2S. The van der Waals surface area contributed by atoms with Gasteiger partial charge in [0.05, 0.1) is 22.2 Å². The summed E-state index contributed by atoms with van der Waals surface area (Å²) in [5.74, 6) is -0.201. The van der Waals surface area contributed by atoms with E-state index in [0.29, 0.717) is 15.7 Å². The maximum absolute atomic E-state index is 12.9. The van der Waals surface area contributed by atoms with Crippen LogP contribution in [0.4, 0.5) is 5.82 Å². The first-order valence-corrected chi connectivity index (χ1v) is 9.45. The van der Waals surface area contributed by atoms with Gasteiger partial charge in [0, 0.05) is 17.0 Å². The van der Waals surface area contributed by atoms with Crippen LogP contribution in [0, 0.1) is 13.8 Å². The molecule has 0 saturated carbocycles. The highest BCUT2D eigenvalue weighted by Gasteiger charge is 2.36. The van der Waals surface area contributed by atoms with Crippen molar-refractivity contribution in [2.45, 2.75) is 26.2 Å². The standard InChI is InChI=1S/C19H16ClN3O2S/c1-10-5-6-12(8-14(10)20)23-19-17(11(2)22-23)13(9-16(24)21-19)18(25)15-4-3-7-26-15/h3-8,13H,9H2,1-2H3,(H,21,24). The van der Waals surface area contributed by atoms with Crippen LogP contribution in [0.25, 0.3) is 5.69 Å². The van der Waals surface area contributed by atoms with Crippen molar-refractivity contribution in [2.24, 2.45) is 0 Å². The zero-order chi connectivity index (χ0) is 18.4. The minimum absolute atomic E-state index is 0.0410. The van der Waals surface area contributed by atoms with Gasteiger partial charge in [-0.25, -0.2) is 4.68 Å². The Morgan fingerprint density at radius 2 is 2.15 bits per heavy atom. The summed E-state index contributed by atoms with van der Waals surface area (Å²) >= 11 is 7.64. The summed E-state index contributed by atoms with van der Waals surface area (Å²) in [6.07, 6.45) is 0.130. The summed E-state index contributed by atoms with van der Waals surface area (Å²) < 4.78 is 1.65. The summed E-state index contributed by atoms with van der Waals surface area (Å²) in [5.41, 5.74) is 3.21. The van der Waals surface area contributed by atoms with Crippen molar-refractivity contribution in [3.05, 3.63) is 62.4 Å². The number of amides is 1. The molecule has 4 rings (SSSR count). The number of hydrogen-bond acceptors (Lipinski definition) is 4. The Kier molecular flexibility index (Phi) is 4.17. The number of halogens is 1. The molecule has 1 atom stereocenters. The highest BCUT2D eigenvalue weighted by Crippen LogP contribution is 2.39. The molecule has 0 radical (unpaired) electrons. The van der Waals surface area contributed by atoms with Gasteiger partial charge in [0.2, 0.25) is 5.91 Å². The third kappa shape index (κ3) is 2.75. The van der Waals surface area contributed by atoms with Crippen molar-refractivity contribution in [1.29, 1.82) is 0 Å². The number of aryl methyl sites for hydroxylation is 2. The molecule has 7 heteroatoms. The van der Waals surface area contributed by atoms with E-state index < -0.39 is 5.92 Å². The maximum atomic E-state index is 12.9. The normalized spacial score (nSPS) is 16.3. The summed E-state index contributed by atoms with van der Waals surface area (Å²) in [6, 6.07) is 9.23. The molecule has 5 nitrogen and oxygen atoms in total. The molecule has 132 valence electrons. The second kappa shape index (κ2) is 6.37. The summed E-state index contributed by atoms with van der Waals surface area (Å²) in [5, 5.41) is 9.94. The van der Waals surface area contributed by atoms with Crippen LogP contribution in [0.5, 0.6) is 0 Å². The van der Waals surface area contributed by atoms with Crippen molar-refractivity contribution in [3.63, 3.8) is 0 Å². The van der Waals surface area contributed by atoms with Crippen molar-refractivity contribution in [3.8, 4) is 5.69 Å². The van der Waals surface area contributed by atoms with Crippen LogP contribution in [0.1, 0.15) is 38.8 Å². The molecule has 0 spiro atoms. The molecule has 0 bridgehead atoms. The molecule has 1 aromatic carbocycles. The number of nitrogens with one attached hydrogen (secondary N) is 1. The highest BCUT2D eigenvalue weighted by atomic mass is 35.5. The predicted octanol–water partition coefficient (Wildman–Crippen LogP) is 4.51. The van der Waals surface area contributed by atoms with Crippen LogP contribution < -0.4 is 5.32 Å². The molecule has 0 saturated heterocycles. The average molecular weight is 386 g/mol. The number of benzene rings is 1. The predicted molar refractivity (Wildman–Crippen MR) is 103 cm³/mol. The Labute approximate surface area is 159 Å². The van der Waals surface area contributed by atoms with Gasteiger partial charge in [-0.2, -0.15) is 5.10 Å². The lowest BCUT2D eigenvalue weighted by molar-refractivity contribution is -0.116. The Morgan fingerprint density at radius 1 is 1.35 bits per heavy atom. The monoisotopic (exact) mass is 385 g/mol. The largest absolute Gasteiger partial charge is 0.310 e. The summed E-state index contributed by atoms with van der Waals surface area (Å²) in [6.45, 7) is 3.78.